The Kier molecular flexibility index (Phi) is 5.71. The molecule has 0 fully saturated rings. The highest BCUT2D eigenvalue weighted by Gasteiger charge is 2.21. The summed E-state index contributed by atoms with van der Waals surface area (Å²) in [7, 11) is 0. The van der Waals surface area contributed by atoms with Crippen molar-refractivity contribution in [3.8, 4) is 5.75 Å². The van der Waals surface area contributed by atoms with Gasteiger partial charge >= 0.3 is 0 Å². The predicted molar refractivity (Wildman–Crippen MR) is 117 cm³/mol. The number of anilines is 2. The van der Waals surface area contributed by atoms with Gasteiger partial charge < -0.3 is 15.0 Å². The van der Waals surface area contributed by atoms with Gasteiger partial charge in [0.1, 0.15) is 12.4 Å². The lowest BCUT2D eigenvalue weighted by atomic mass is 10.1. The first-order valence-corrected chi connectivity index (χ1v) is 10.7. The summed E-state index contributed by atoms with van der Waals surface area (Å²) < 4.78 is 5.84. The summed E-state index contributed by atoms with van der Waals surface area (Å²) in [6.07, 6.45) is 3.86. The largest absolute Gasteiger partial charge is 0.490 e. The lowest BCUT2D eigenvalue weighted by Crippen LogP contribution is -2.29. The third-order valence-corrected chi connectivity index (χ3v) is 5.63. The Morgan fingerprint density at radius 2 is 2.00 bits per heavy atom. The molecule has 1 aliphatic heterocycles. The fourth-order valence-electron chi connectivity index (χ4n) is 3.36. The number of fused-ring (bicyclic) bond motifs is 1. The molecule has 1 aromatic heterocycles. The van der Waals surface area contributed by atoms with E-state index in [0.29, 0.717) is 18.7 Å². The van der Waals surface area contributed by atoms with Gasteiger partial charge in [0.2, 0.25) is 0 Å². The van der Waals surface area contributed by atoms with Gasteiger partial charge in [-0.1, -0.05) is 12.1 Å². The third kappa shape index (κ3) is 4.38. The van der Waals surface area contributed by atoms with Crippen molar-refractivity contribution in [1.29, 1.82) is 0 Å². The number of benzene rings is 2. The van der Waals surface area contributed by atoms with E-state index in [9.17, 15) is 4.79 Å². The minimum Gasteiger partial charge on any atom is -0.490 e. The molecule has 1 amide bonds. The van der Waals surface area contributed by atoms with E-state index in [1.807, 2.05) is 55.8 Å². The van der Waals surface area contributed by atoms with E-state index in [4.69, 9.17) is 4.74 Å². The van der Waals surface area contributed by atoms with E-state index in [0.717, 1.165) is 34.9 Å². The Labute approximate surface area is 175 Å². The summed E-state index contributed by atoms with van der Waals surface area (Å²) in [4.78, 5) is 20.3. The van der Waals surface area contributed by atoms with Crippen LogP contribution >= 0.6 is 11.8 Å². The van der Waals surface area contributed by atoms with Crippen LogP contribution in [0.25, 0.3) is 0 Å². The van der Waals surface area contributed by atoms with Crippen LogP contribution in [-0.4, -0.2) is 30.3 Å². The number of pyridine rings is 1. The van der Waals surface area contributed by atoms with E-state index >= 15 is 0 Å². The van der Waals surface area contributed by atoms with Crippen molar-refractivity contribution in [2.24, 2.45) is 0 Å². The topological polar surface area (TPSA) is 54.5 Å². The summed E-state index contributed by atoms with van der Waals surface area (Å²) in [6, 6.07) is 17.9. The summed E-state index contributed by atoms with van der Waals surface area (Å²) in [5.74, 6) is 0.616. The highest BCUT2D eigenvalue weighted by Crippen LogP contribution is 2.37. The second kappa shape index (κ2) is 8.57. The minimum absolute atomic E-state index is 0.109. The van der Waals surface area contributed by atoms with Crippen LogP contribution in [0.3, 0.4) is 0 Å². The first kappa shape index (κ1) is 19.3. The van der Waals surface area contributed by atoms with Crippen LogP contribution in [0.15, 0.2) is 65.7 Å². The molecule has 0 aliphatic carbocycles. The van der Waals surface area contributed by atoms with Crippen molar-refractivity contribution in [2.75, 3.05) is 24.3 Å². The van der Waals surface area contributed by atoms with E-state index in [1.54, 1.807) is 11.8 Å². The van der Waals surface area contributed by atoms with Crippen molar-refractivity contribution < 1.29 is 9.53 Å². The molecule has 148 valence electrons. The molecule has 0 radical (unpaired) electrons. The van der Waals surface area contributed by atoms with Gasteiger partial charge in [-0.2, -0.15) is 0 Å². The first-order valence-electron chi connectivity index (χ1n) is 9.52. The Hall–Kier alpha value is -2.99. The minimum atomic E-state index is -0.109. The number of rotatable bonds is 5. The first-order chi connectivity index (χ1) is 14.1. The molecule has 5 nitrogen and oxygen atoms in total. The molecule has 0 unspecified atom stereocenters. The van der Waals surface area contributed by atoms with Crippen molar-refractivity contribution in [3.05, 3.63) is 77.6 Å². The molecule has 0 bridgehead atoms. The van der Waals surface area contributed by atoms with Gasteiger partial charge in [-0.3, -0.25) is 9.78 Å². The average molecular weight is 406 g/mol. The van der Waals surface area contributed by atoms with Gasteiger partial charge in [0, 0.05) is 34.6 Å². The van der Waals surface area contributed by atoms with Crippen LogP contribution in [0.4, 0.5) is 11.4 Å². The third-order valence-electron chi connectivity index (χ3n) is 4.89. The molecule has 3 aromatic rings. The summed E-state index contributed by atoms with van der Waals surface area (Å²) in [5.41, 5.74) is 4.68. The number of thioether (sulfide) groups is 1. The maximum atomic E-state index is 12.6. The van der Waals surface area contributed by atoms with Crippen molar-refractivity contribution in [2.45, 2.75) is 18.4 Å². The maximum absolute atomic E-state index is 12.6. The zero-order valence-electron chi connectivity index (χ0n) is 16.5. The second-order valence-corrected chi connectivity index (χ2v) is 7.75. The lowest BCUT2D eigenvalue weighted by Gasteiger charge is -2.31. The second-order valence-electron chi connectivity index (χ2n) is 6.87. The molecular weight excluding hydrogens is 382 g/mol. The highest BCUT2D eigenvalue weighted by atomic mass is 32.2. The number of hydrogen-bond acceptors (Lipinski definition) is 5. The Morgan fingerprint density at radius 1 is 1.17 bits per heavy atom. The molecule has 0 spiro atoms. The summed E-state index contributed by atoms with van der Waals surface area (Å²) in [6.45, 7) is 3.80. The van der Waals surface area contributed by atoms with Gasteiger partial charge in [0.05, 0.1) is 12.2 Å². The molecule has 0 saturated heterocycles. The van der Waals surface area contributed by atoms with Gasteiger partial charge in [-0.05, 0) is 61.2 Å². The number of aromatic nitrogens is 1. The molecule has 0 saturated carbocycles. The Morgan fingerprint density at radius 3 is 2.76 bits per heavy atom. The molecular formula is C23H23N3O2S. The van der Waals surface area contributed by atoms with Gasteiger partial charge in [-0.25, -0.2) is 0 Å². The number of hydrogen-bond donors (Lipinski definition) is 1. The van der Waals surface area contributed by atoms with Crippen LogP contribution in [-0.2, 0) is 6.54 Å². The van der Waals surface area contributed by atoms with Crippen LogP contribution in [0, 0.1) is 6.92 Å². The number of ether oxygens (including phenoxy) is 1. The number of carbonyl (C=O) groups is 1. The zero-order chi connectivity index (χ0) is 20.2. The number of amides is 1. The average Bonchev–Trinajstić information content (AvgIpc) is 2.77. The monoisotopic (exact) mass is 405 g/mol. The standard InChI is InChI=1S/C23H23N3O2S/c1-16-13-19(9-10-24-16)26-11-12-28-22-14-18(5-8-21(22)26)23(27)25-15-17-3-6-20(29-2)7-4-17/h3-10,13-14H,11-12,15H2,1-2H3,(H,25,27). The zero-order valence-corrected chi connectivity index (χ0v) is 17.3. The highest BCUT2D eigenvalue weighted by molar-refractivity contribution is 7.98. The van der Waals surface area contributed by atoms with Crippen molar-refractivity contribution in [1.82, 2.24) is 10.3 Å². The van der Waals surface area contributed by atoms with E-state index in [1.165, 1.54) is 4.90 Å². The van der Waals surface area contributed by atoms with Crippen LogP contribution in [0.2, 0.25) is 0 Å². The molecule has 1 aliphatic rings. The number of nitrogens with one attached hydrogen (secondary N) is 1. The maximum Gasteiger partial charge on any atom is 0.251 e. The smallest absolute Gasteiger partial charge is 0.251 e. The molecule has 2 aromatic carbocycles. The predicted octanol–water partition coefficient (Wildman–Crippen LogP) is 4.57. The molecule has 0 atom stereocenters. The van der Waals surface area contributed by atoms with E-state index in [-0.39, 0.29) is 5.91 Å². The fourth-order valence-corrected chi connectivity index (χ4v) is 3.76. The van der Waals surface area contributed by atoms with Crippen LogP contribution in [0.5, 0.6) is 5.75 Å². The van der Waals surface area contributed by atoms with E-state index in [2.05, 4.69) is 33.4 Å². The SMILES string of the molecule is CSc1ccc(CNC(=O)c2ccc3c(c2)OCCN3c2ccnc(C)c2)cc1. The number of nitrogens with zero attached hydrogens (tertiary/aromatic N) is 2. The van der Waals surface area contributed by atoms with Gasteiger partial charge in [0.25, 0.3) is 5.91 Å². The van der Waals surface area contributed by atoms with E-state index < -0.39 is 0 Å². The summed E-state index contributed by atoms with van der Waals surface area (Å²) in [5, 5.41) is 2.99. The summed E-state index contributed by atoms with van der Waals surface area (Å²) >= 11 is 1.70. The molecule has 4 rings (SSSR count). The number of carbonyl (C=O) groups excluding carboxylic acids is 1. The molecule has 1 N–H and O–H groups in total. The lowest BCUT2D eigenvalue weighted by molar-refractivity contribution is 0.0950. The normalized spacial score (nSPS) is 12.8. The quantitative estimate of drug-likeness (QED) is 0.630. The Balaban J connectivity index is 1.49. The van der Waals surface area contributed by atoms with Gasteiger partial charge in [-0.15, -0.1) is 11.8 Å². The molecule has 29 heavy (non-hydrogen) atoms. The van der Waals surface area contributed by atoms with Crippen molar-refractivity contribution in [3.63, 3.8) is 0 Å². The number of aryl methyl sites for hydroxylation is 1. The molecule has 6 heteroatoms. The molecule has 2 heterocycles. The fraction of sp³-hybridized carbons (Fsp3) is 0.217. The van der Waals surface area contributed by atoms with Crippen molar-refractivity contribution >= 4 is 29.0 Å². The Bertz CT molecular complexity index is 1020. The van der Waals surface area contributed by atoms with Crippen LogP contribution < -0.4 is 15.0 Å². The van der Waals surface area contributed by atoms with Gasteiger partial charge in [0.15, 0.2) is 0 Å². The van der Waals surface area contributed by atoms with Crippen LogP contribution in [0.1, 0.15) is 21.6 Å².